The van der Waals surface area contributed by atoms with Gasteiger partial charge in [0.15, 0.2) is 5.75 Å². The molecule has 0 saturated carbocycles. The number of carbonyl (C=O) groups excluding carboxylic acids is 1. The summed E-state index contributed by atoms with van der Waals surface area (Å²) < 4.78 is 21.6. The zero-order valence-electron chi connectivity index (χ0n) is 16.5. The van der Waals surface area contributed by atoms with Gasteiger partial charge in [-0.1, -0.05) is 30.3 Å². The minimum atomic E-state index is -0.241. The van der Waals surface area contributed by atoms with Crippen molar-refractivity contribution >= 4 is 23.4 Å². The number of nitrogens with zero attached hydrogens (tertiary/aromatic N) is 1. The molecule has 0 saturated heterocycles. The molecule has 2 rings (SSSR count). The number of nitrogen functional groups attached to an aromatic ring is 1. The number of anilines is 1. The van der Waals surface area contributed by atoms with Gasteiger partial charge in [-0.05, 0) is 30.2 Å². The van der Waals surface area contributed by atoms with Crippen LogP contribution in [0.25, 0.3) is 0 Å². The SMILES string of the molecule is COc1cc(OCCCCC(=O)OCc2ccccc2)c(N)c(OC)c1SC#N. The van der Waals surface area contributed by atoms with Crippen LogP contribution in [0.15, 0.2) is 41.3 Å². The highest BCUT2D eigenvalue weighted by atomic mass is 32.2. The van der Waals surface area contributed by atoms with Crippen LogP contribution < -0.4 is 19.9 Å². The van der Waals surface area contributed by atoms with E-state index in [1.807, 2.05) is 35.7 Å². The molecule has 0 aromatic heterocycles. The molecule has 0 atom stereocenters. The molecule has 0 heterocycles. The molecule has 0 aliphatic rings. The van der Waals surface area contributed by atoms with Gasteiger partial charge in [0.1, 0.15) is 34.1 Å². The lowest BCUT2D eigenvalue weighted by atomic mass is 10.2. The summed E-state index contributed by atoms with van der Waals surface area (Å²) in [6, 6.07) is 11.2. The molecule has 2 N–H and O–H groups in total. The Kier molecular flexibility index (Phi) is 8.99. The Hall–Kier alpha value is -3.05. The molecule has 0 aliphatic carbocycles. The van der Waals surface area contributed by atoms with Crippen molar-refractivity contribution in [2.24, 2.45) is 0 Å². The van der Waals surface area contributed by atoms with E-state index < -0.39 is 0 Å². The first-order chi connectivity index (χ1) is 14.1. The normalized spacial score (nSPS) is 10.1. The molecule has 8 heteroatoms. The maximum atomic E-state index is 11.8. The van der Waals surface area contributed by atoms with Crippen molar-refractivity contribution in [2.75, 3.05) is 26.6 Å². The fourth-order valence-electron chi connectivity index (χ4n) is 2.59. The van der Waals surface area contributed by atoms with Gasteiger partial charge >= 0.3 is 5.97 Å². The molecule has 0 fully saturated rings. The van der Waals surface area contributed by atoms with Crippen LogP contribution in [0.5, 0.6) is 17.2 Å². The maximum absolute atomic E-state index is 11.8. The van der Waals surface area contributed by atoms with Crippen LogP contribution in [0.2, 0.25) is 0 Å². The fourth-order valence-corrected chi connectivity index (χ4v) is 3.21. The number of methoxy groups -OCH3 is 2. The van der Waals surface area contributed by atoms with E-state index in [1.54, 1.807) is 6.07 Å². The maximum Gasteiger partial charge on any atom is 0.306 e. The third-order valence-electron chi connectivity index (χ3n) is 4.05. The van der Waals surface area contributed by atoms with Gasteiger partial charge in [-0.3, -0.25) is 4.79 Å². The van der Waals surface area contributed by atoms with Crippen molar-refractivity contribution in [1.29, 1.82) is 5.26 Å². The summed E-state index contributed by atoms with van der Waals surface area (Å²) in [6.07, 6.45) is 1.60. The second kappa shape index (κ2) is 11.7. The number of unbranched alkanes of at least 4 members (excludes halogenated alkanes) is 1. The highest BCUT2D eigenvalue weighted by Gasteiger charge is 2.19. The second-order valence-corrected chi connectivity index (χ2v) is 6.79. The average molecular weight is 416 g/mol. The van der Waals surface area contributed by atoms with Crippen molar-refractivity contribution in [3.63, 3.8) is 0 Å². The molecule has 0 spiro atoms. The highest BCUT2D eigenvalue weighted by molar-refractivity contribution is 8.04. The van der Waals surface area contributed by atoms with Crippen molar-refractivity contribution in [3.8, 4) is 22.6 Å². The first-order valence-electron chi connectivity index (χ1n) is 9.03. The summed E-state index contributed by atoms with van der Waals surface area (Å²) in [5.74, 6) is 0.958. The number of nitrogens with two attached hydrogens (primary N) is 1. The van der Waals surface area contributed by atoms with Crippen molar-refractivity contribution in [2.45, 2.75) is 30.8 Å². The van der Waals surface area contributed by atoms with Crippen molar-refractivity contribution < 1.29 is 23.7 Å². The van der Waals surface area contributed by atoms with Crippen LogP contribution in [0.1, 0.15) is 24.8 Å². The minimum Gasteiger partial charge on any atom is -0.495 e. The third-order valence-corrected chi connectivity index (χ3v) is 4.73. The summed E-state index contributed by atoms with van der Waals surface area (Å²) in [5.41, 5.74) is 7.36. The number of hydrogen-bond acceptors (Lipinski definition) is 8. The van der Waals surface area contributed by atoms with Gasteiger partial charge in [0.05, 0.1) is 20.8 Å². The van der Waals surface area contributed by atoms with Gasteiger partial charge in [0.2, 0.25) is 0 Å². The zero-order chi connectivity index (χ0) is 21.1. The van der Waals surface area contributed by atoms with Crippen LogP contribution >= 0.6 is 11.8 Å². The van der Waals surface area contributed by atoms with Crippen LogP contribution in [0, 0.1) is 10.7 Å². The van der Waals surface area contributed by atoms with Gasteiger partial charge in [0, 0.05) is 12.5 Å². The molecule has 0 unspecified atom stereocenters. The number of esters is 1. The number of nitriles is 1. The molecule has 2 aromatic rings. The molecule has 154 valence electrons. The molecule has 29 heavy (non-hydrogen) atoms. The molecule has 0 aliphatic heterocycles. The summed E-state index contributed by atoms with van der Waals surface area (Å²) in [4.78, 5) is 12.3. The van der Waals surface area contributed by atoms with Gasteiger partial charge < -0.3 is 24.7 Å². The van der Waals surface area contributed by atoms with Crippen LogP contribution in [0.3, 0.4) is 0 Å². The van der Waals surface area contributed by atoms with E-state index in [0.29, 0.717) is 53.7 Å². The lowest BCUT2D eigenvalue weighted by molar-refractivity contribution is -0.145. The highest BCUT2D eigenvalue weighted by Crippen LogP contribution is 2.46. The number of carbonyl (C=O) groups is 1. The summed E-state index contributed by atoms with van der Waals surface area (Å²) in [7, 11) is 2.97. The van der Waals surface area contributed by atoms with E-state index in [-0.39, 0.29) is 12.6 Å². The minimum absolute atomic E-state index is 0.241. The number of benzene rings is 2. The van der Waals surface area contributed by atoms with E-state index >= 15 is 0 Å². The standard InChI is InChI=1S/C21H24N2O5S/c1-25-17-12-16(19(23)20(26-2)21(17)29-14-22)27-11-7-6-10-18(24)28-13-15-8-4-3-5-9-15/h3-5,8-9,12H,6-7,10-11,13,23H2,1-2H3. The van der Waals surface area contributed by atoms with Gasteiger partial charge in [-0.25, -0.2) is 0 Å². The molecule has 2 aromatic carbocycles. The predicted molar refractivity (Wildman–Crippen MR) is 111 cm³/mol. The Morgan fingerprint density at radius 2 is 1.90 bits per heavy atom. The first-order valence-corrected chi connectivity index (χ1v) is 9.85. The van der Waals surface area contributed by atoms with Crippen molar-refractivity contribution in [3.05, 3.63) is 42.0 Å². The monoisotopic (exact) mass is 416 g/mol. The molecule has 0 amide bonds. The molecular weight excluding hydrogens is 392 g/mol. The van der Waals surface area contributed by atoms with Gasteiger partial charge in [-0.2, -0.15) is 5.26 Å². The Morgan fingerprint density at radius 3 is 2.55 bits per heavy atom. The average Bonchev–Trinajstić information content (AvgIpc) is 2.74. The summed E-state index contributed by atoms with van der Waals surface area (Å²) >= 11 is 0.907. The fraction of sp³-hybridized carbons (Fsp3) is 0.333. The molecule has 7 nitrogen and oxygen atoms in total. The van der Waals surface area contributed by atoms with E-state index in [0.717, 1.165) is 17.3 Å². The van der Waals surface area contributed by atoms with E-state index in [2.05, 4.69) is 0 Å². The number of hydrogen-bond donors (Lipinski definition) is 1. The molecular formula is C21H24N2O5S. The smallest absolute Gasteiger partial charge is 0.306 e. The Morgan fingerprint density at radius 1 is 1.14 bits per heavy atom. The lowest BCUT2D eigenvalue weighted by Gasteiger charge is -2.17. The number of thioether (sulfide) groups is 1. The van der Waals surface area contributed by atoms with Gasteiger partial charge in [-0.15, -0.1) is 0 Å². The quantitative estimate of drug-likeness (QED) is 0.191. The lowest BCUT2D eigenvalue weighted by Crippen LogP contribution is -2.07. The zero-order valence-corrected chi connectivity index (χ0v) is 17.3. The van der Waals surface area contributed by atoms with E-state index in [9.17, 15) is 4.79 Å². The van der Waals surface area contributed by atoms with Gasteiger partial charge in [0.25, 0.3) is 0 Å². The van der Waals surface area contributed by atoms with E-state index in [1.165, 1.54) is 14.2 Å². The molecule has 0 radical (unpaired) electrons. The number of rotatable bonds is 11. The van der Waals surface area contributed by atoms with Crippen LogP contribution in [0.4, 0.5) is 5.69 Å². The largest absolute Gasteiger partial charge is 0.495 e. The Balaban J connectivity index is 1.81. The first kappa shape index (κ1) is 22.2. The van der Waals surface area contributed by atoms with E-state index in [4.69, 9.17) is 29.9 Å². The van der Waals surface area contributed by atoms with Crippen molar-refractivity contribution in [1.82, 2.24) is 0 Å². The Labute approximate surface area is 174 Å². The molecule has 0 bridgehead atoms. The van der Waals surface area contributed by atoms with Crippen LogP contribution in [-0.4, -0.2) is 26.8 Å². The van der Waals surface area contributed by atoms with Crippen LogP contribution in [-0.2, 0) is 16.1 Å². The Bertz CT molecular complexity index is 852. The topological polar surface area (TPSA) is 104 Å². The number of thiocyanates is 1. The number of ether oxygens (including phenoxy) is 4. The summed E-state index contributed by atoms with van der Waals surface area (Å²) in [5, 5.41) is 10.9. The summed E-state index contributed by atoms with van der Waals surface area (Å²) in [6.45, 7) is 0.645. The predicted octanol–water partition coefficient (Wildman–Crippen LogP) is 4.15. The second-order valence-electron chi connectivity index (χ2n) is 6.00. The third kappa shape index (κ3) is 6.50.